The van der Waals surface area contributed by atoms with Crippen molar-refractivity contribution in [3.8, 4) is 5.75 Å². The molecule has 0 amide bonds. The van der Waals surface area contributed by atoms with Gasteiger partial charge < -0.3 is 25.1 Å². The Morgan fingerprint density at radius 1 is 1.23 bits per heavy atom. The van der Waals surface area contributed by atoms with Crippen LogP contribution in [0.2, 0.25) is 0 Å². The molecule has 0 unspecified atom stereocenters. The SMILES string of the molecule is CNCC(=Cc1ccc(N)c(OC(F)(F)F)c1)B1OC(C)(C)C(C)(C)O1. The third-order valence-electron chi connectivity index (χ3n) is 4.55. The second-order valence-corrected chi connectivity index (χ2v) is 7.18. The average molecular weight is 372 g/mol. The Morgan fingerprint density at radius 3 is 2.31 bits per heavy atom. The van der Waals surface area contributed by atoms with E-state index in [1.54, 1.807) is 19.2 Å². The second kappa shape index (κ2) is 7.13. The zero-order chi connectivity index (χ0) is 19.8. The highest BCUT2D eigenvalue weighted by atomic mass is 19.4. The summed E-state index contributed by atoms with van der Waals surface area (Å²) in [5, 5.41) is 3.02. The molecule has 2 rings (SSSR count). The number of benzene rings is 1. The number of nitrogens with one attached hydrogen (secondary N) is 1. The van der Waals surface area contributed by atoms with Gasteiger partial charge in [-0.2, -0.15) is 0 Å². The summed E-state index contributed by atoms with van der Waals surface area (Å²) in [5.41, 5.74) is 5.69. The van der Waals surface area contributed by atoms with Gasteiger partial charge in [0.25, 0.3) is 0 Å². The molecule has 1 aromatic rings. The topological polar surface area (TPSA) is 65.7 Å². The molecule has 1 saturated heterocycles. The van der Waals surface area contributed by atoms with Crippen LogP contribution in [0.5, 0.6) is 5.75 Å². The molecule has 0 bridgehead atoms. The molecule has 26 heavy (non-hydrogen) atoms. The van der Waals surface area contributed by atoms with Crippen molar-refractivity contribution in [1.29, 1.82) is 0 Å². The van der Waals surface area contributed by atoms with Gasteiger partial charge in [0.05, 0.1) is 16.9 Å². The van der Waals surface area contributed by atoms with Crippen LogP contribution in [0.15, 0.2) is 23.7 Å². The minimum atomic E-state index is -4.81. The van der Waals surface area contributed by atoms with E-state index in [1.165, 1.54) is 12.1 Å². The van der Waals surface area contributed by atoms with Gasteiger partial charge in [-0.15, -0.1) is 13.2 Å². The molecule has 0 aromatic heterocycles. The lowest BCUT2D eigenvalue weighted by Crippen LogP contribution is -2.41. The first-order chi connectivity index (χ1) is 11.8. The van der Waals surface area contributed by atoms with E-state index in [9.17, 15) is 13.2 Å². The van der Waals surface area contributed by atoms with E-state index < -0.39 is 30.4 Å². The van der Waals surface area contributed by atoms with Crippen LogP contribution in [-0.2, 0) is 9.31 Å². The van der Waals surface area contributed by atoms with Crippen molar-refractivity contribution in [3.05, 3.63) is 29.2 Å². The van der Waals surface area contributed by atoms with E-state index >= 15 is 0 Å². The van der Waals surface area contributed by atoms with Crippen LogP contribution < -0.4 is 15.8 Å². The summed E-state index contributed by atoms with van der Waals surface area (Å²) >= 11 is 0. The molecular weight excluding hydrogens is 348 g/mol. The summed E-state index contributed by atoms with van der Waals surface area (Å²) in [6.07, 6.45) is -3.10. The van der Waals surface area contributed by atoms with Crippen LogP contribution in [0.4, 0.5) is 18.9 Å². The Morgan fingerprint density at radius 2 is 1.81 bits per heavy atom. The van der Waals surface area contributed by atoms with Crippen molar-refractivity contribution < 1.29 is 27.2 Å². The average Bonchev–Trinajstić information content (AvgIpc) is 2.69. The summed E-state index contributed by atoms with van der Waals surface area (Å²) in [4.78, 5) is 0. The van der Waals surface area contributed by atoms with Crippen LogP contribution in [0.1, 0.15) is 33.3 Å². The fourth-order valence-corrected chi connectivity index (χ4v) is 2.47. The summed E-state index contributed by atoms with van der Waals surface area (Å²) < 4.78 is 53.5. The molecule has 9 heteroatoms. The van der Waals surface area contributed by atoms with Gasteiger partial charge in [-0.05, 0) is 57.9 Å². The van der Waals surface area contributed by atoms with E-state index in [2.05, 4.69) is 10.1 Å². The van der Waals surface area contributed by atoms with Crippen LogP contribution in [0.25, 0.3) is 6.08 Å². The third-order valence-corrected chi connectivity index (χ3v) is 4.55. The summed E-state index contributed by atoms with van der Waals surface area (Å²) in [5.74, 6) is -0.441. The third kappa shape index (κ3) is 4.72. The Bertz CT molecular complexity index is 674. The number of likely N-dealkylation sites (N-methyl/N-ethyl adjacent to an activating group) is 1. The van der Waals surface area contributed by atoms with Gasteiger partial charge >= 0.3 is 13.5 Å². The molecule has 144 valence electrons. The Balaban J connectivity index is 2.33. The predicted octanol–water partition coefficient (Wildman–Crippen LogP) is 3.40. The summed E-state index contributed by atoms with van der Waals surface area (Å²) in [6.45, 7) is 8.17. The van der Waals surface area contributed by atoms with E-state index in [1.807, 2.05) is 27.7 Å². The van der Waals surface area contributed by atoms with E-state index in [4.69, 9.17) is 15.0 Å². The lowest BCUT2D eigenvalue weighted by molar-refractivity contribution is -0.274. The number of rotatable bonds is 5. The van der Waals surface area contributed by atoms with Gasteiger partial charge in [0.15, 0.2) is 5.75 Å². The Kier molecular flexibility index (Phi) is 5.65. The fraction of sp³-hybridized carbons (Fsp3) is 0.529. The number of nitrogens with two attached hydrogens (primary N) is 1. The lowest BCUT2D eigenvalue weighted by Gasteiger charge is -2.32. The minimum Gasteiger partial charge on any atom is -0.404 e. The molecule has 1 aliphatic heterocycles. The summed E-state index contributed by atoms with van der Waals surface area (Å²) in [6, 6.07) is 4.22. The number of hydrogen-bond donors (Lipinski definition) is 2. The van der Waals surface area contributed by atoms with Crippen molar-refractivity contribution in [2.45, 2.75) is 45.3 Å². The first-order valence-corrected chi connectivity index (χ1v) is 8.20. The first-order valence-electron chi connectivity index (χ1n) is 8.20. The van der Waals surface area contributed by atoms with Crippen molar-refractivity contribution in [2.75, 3.05) is 19.3 Å². The highest BCUT2D eigenvalue weighted by Crippen LogP contribution is 2.39. The maximum atomic E-state index is 12.5. The number of nitrogen functional groups attached to an aromatic ring is 1. The van der Waals surface area contributed by atoms with Gasteiger partial charge in [-0.25, -0.2) is 0 Å². The molecule has 0 aliphatic carbocycles. The smallest absolute Gasteiger partial charge is 0.404 e. The Hall–Kier alpha value is -1.71. The maximum Gasteiger partial charge on any atom is 0.573 e. The minimum absolute atomic E-state index is 0.0923. The van der Waals surface area contributed by atoms with E-state index in [0.717, 1.165) is 5.47 Å². The van der Waals surface area contributed by atoms with Crippen molar-refractivity contribution >= 4 is 18.9 Å². The first kappa shape index (κ1) is 20.6. The number of alkyl halides is 3. The lowest BCUT2D eigenvalue weighted by atomic mass is 9.77. The van der Waals surface area contributed by atoms with Crippen molar-refractivity contribution in [2.24, 2.45) is 0 Å². The van der Waals surface area contributed by atoms with Gasteiger partial charge in [0, 0.05) is 6.54 Å². The quantitative estimate of drug-likeness (QED) is 0.613. The standard InChI is InChI=1S/C17H24BF3N2O3/c1-15(2)16(3,4)26-18(25-15)12(10-23-5)8-11-6-7-13(22)14(9-11)24-17(19,20)21/h6-9,23H,10,22H2,1-5H3. The molecule has 5 nitrogen and oxygen atoms in total. The van der Waals surface area contributed by atoms with Crippen LogP contribution in [0, 0.1) is 0 Å². The van der Waals surface area contributed by atoms with E-state index in [-0.39, 0.29) is 5.69 Å². The van der Waals surface area contributed by atoms with E-state index in [0.29, 0.717) is 12.1 Å². The summed E-state index contributed by atoms with van der Waals surface area (Å²) in [7, 11) is 1.15. The van der Waals surface area contributed by atoms with Crippen molar-refractivity contribution in [1.82, 2.24) is 5.32 Å². The molecule has 3 N–H and O–H groups in total. The molecule has 1 fully saturated rings. The van der Waals surface area contributed by atoms with Crippen LogP contribution in [0.3, 0.4) is 0 Å². The molecule has 1 heterocycles. The number of anilines is 1. The van der Waals surface area contributed by atoms with Crippen LogP contribution >= 0.6 is 0 Å². The normalized spacial score (nSPS) is 19.7. The molecule has 1 aromatic carbocycles. The molecule has 0 radical (unpaired) electrons. The molecular formula is C17H24BF3N2O3. The number of ether oxygens (including phenoxy) is 1. The largest absolute Gasteiger partial charge is 0.573 e. The fourth-order valence-electron chi connectivity index (χ4n) is 2.47. The maximum absolute atomic E-state index is 12.5. The Labute approximate surface area is 151 Å². The monoisotopic (exact) mass is 372 g/mol. The van der Waals surface area contributed by atoms with Gasteiger partial charge in [0.1, 0.15) is 0 Å². The predicted molar refractivity (Wildman–Crippen MR) is 95.5 cm³/mol. The highest BCUT2D eigenvalue weighted by Gasteiger charge is 2.52. The molecule has 0 spiro atoms. The second-order valence-electron chi connectivity index (χ2n) is 7.18. The highest BCUT2D eigenvalue weighted by molar-refractivity contribution is 6.55. The van der Waals surface area contributed by atoms with Gasteiger partial charge in [-0.3, -0.25) is 0 Å². The van der Waals surface area contributed by atoms with Crippen LogP contribution in [-0.4, -0.2) is 38.3 Å². The van der Waals surface area contributed by atoms with Gasteiger partial charge in [0.2, 0.25) is 0 Å². The number of halogens is 3. The van der Waals surface area contributed by atoms with Crippen molar-refractivity contribution in [3.63, 3.8) is 0 Å². The van der Waals surface area contributed by atoms with Gasteiger partial charge in [-0.1, -0.05) is 12.1 Å². The zero-order valence-electron chi connectivity index (χ0n) is 15.5. The molecule has 1 aliphatic rings. The zero-order valence-corrected chi connectivity index (χ0v) is 15.5. The molecule has 0 saturated carbocycles. The number of hydrogen-bond acceptors (Lipinski definition) is 5. The molecule has 0 atom stereocenters.